The summed E-state index contributed by atoms with van der Waals surface area (Å²) >= 11 is 2.73. The lowest BCUT2D eigenvalue weighted by atomic mass is 10.3. The minimum absolute atomic E-state index is 0.240. The SMILES string of the molecule is CS/C(N)=N\c1nc(-c2ccc(CNC(N)=O)o2)cs1. The predicted molar refractivity (Wildman–Crippen MR) is 81.0 cm³/mol. The molecule has 5 N–H and O–H groups in total. The lowest BCUT2D eigenvalue weighted by molar-refractivity contribution is 0.247. The number of nitrogens with two attached hydrogens (primary N) is 2. The highest BCUT2D eigenvalue weighted by Crippen LogP contribution is 2.28. The number of hydrogen-bond donors (Lipinski definition) is 3. The van der Waals surface area contributed by atoms with Gasteiger partial charge in [0.15, 0.2) is 10.9 Å². The number of hydrogen-bond acceptors (Lipinski definition) is 6. The Morgan fingerprint density at radius 2 is 2.35 bits per heavy atom. The number of thioether (sulfide) groups is 1. The van der Waals surface area contributed by atoms with Crippen LogP contribution in [-0.4, -0.2) is 22.4 Å². The van der Waals surface area contributed by atoms with E-state index >= 15 is 0 Å². The Bertz CT molecular complexity index is 634. The molecule has 2 heterocycles. The monoisotopic (exact) mass is 311 g/mol. The van der Waals surface area contributed by atoms with E-state index < -0.39 is 6.03 Å². The zero-order valence-electron chi connectivity index (χ0n) is 10.6. The number of rotatable bonds is 4. The fourth-order valence-electron chi connectivity index (χ4n) is 1.35. The highest BCUT2D eigenvalue weighted by Gasteiger charge is 2.09. The van der Waals surface area contributed by atoms with Gasteiger partial charge in [0, 0.05) is 5.38 Å². The second kappa shape index (κ2) is 6.44. The van der Waals surface area contributed by atoms with Crippen molar-refractivity contribution < 1.29 is 9.21 Å². The van der Waals surface area contributed by atoms with Crippen molar-refractivity contribution in [2.75, 3.05) is 6.26 Å². The number of carbonyl (C=O) groups excluding carboxylic acids is 1. The van der Waals surface area contributed by atoms with E-state index in [0.29, 0.717) is 27.5 Å². The molecule has 0 saturated carbocycles. The maximum atomic E-state index is 10.6. The van der Waals surface area contributed by atoms with Gasteiger partial charge in [-0.25, -0.2) is 9.78 Å². The summed E-state index contributed by atoms with van der Waals surface area (Å²) in [7, 11) is 0. The van der Waals surface area contributed by atoms with Gasteiger partial charge in [-0.05, 0) is 18.4 Å². The Labute approximate surface area is 123 Å². The summed E-state index contributed by atoms with van der Waals surface area (Å²) in [5.74, 6) is 1.20. The van der Waals surface area contributed by atoms with E-state index in [2.05, 4.69) is 15.3 Å². The standard InChI is InChI=1S/C11H13N5O2S2/c1-19-10(13)16-11-15-7(5-20-11)8-3-2-6(18-8)4-14-9(12)17/h2-3,5H,4H2,1H3,(H3,12,14,17)(H2,13,15,16). The number of amidine groups is 1. The van der Waals surface area contributed by atoms with Gasteiger partial charge < -0.3 is 21.2 Å². The summed E-state index contributed by atoms with van der Waals surface area (Å²) in [6.45, 7) is 0.240. The number of aromatic nitrogens is 1. The Hall–Kier alpha value is -2.00. The van der Waals surface area contributed by atoms with Crippen LogP contribution in [0.25, 0.3) is 11.5 Å². The summed E-state index contributed by atoms with van der Waals surface area (Å²) in [4.78, 5) is 19.1. The minimum atomic E-state index is -0.597. The third kappa shape index (κ3) is 3.75. The van der Waals surface area contributed by atoms with Gasteiger partial charge in [0.25, 0.3) is 0 Å². The number of thiazole rings is 1. The Balaban J connectivity index is 2.10. The molecule has 0 fully saturated rings. The minimum Gasteiger partial charge on any atom is -0.458 e. The average Bonchev–Trinajstić information content (AvgIpc) is 3.04. The molecule has 0 unspecified atom stereocenters. The number of carbonyl (C=O) groups is 1. The van der Waals surface area contributed by atoms with Crippen molar-refractivity contribution in [2.24, 2.45) is 16.5 Å². The van der Waals surface area contributed by atoms with Gasteiger partial charge in [-0.2, -0.15) is 4.99 Å². The molecule has 0 aliphatic carbocycles. The van der Waals surface area contributed by atoms with Gasteiger partial charge in [0.05, 0.1) is 6.54 Å². The molecule has 106 valence electrons. The van der Waals surface area contributed by atoms with Gasteiger partial charge in [0.2, 0.25) is 5.13 Å². The van der Waals surface area contributed by atoms with Crippen molar-refractivity contribution in [2.45, 2.75) is 6.54 Å². The van der Waals surface area contributed by atoms with Crippen LogP contribution in [0.3, 0.4) is 0 Å². The molecule has 0 spiro atoms. The van der Waals surface area contributed by atoms with E-state index in [1.165, 1.54) is 23.1 Å². The third-order valence-corrected chi connectivity index (χ3v) is 3.50. The topological polar surface area (TPSA) is 120 Å². The summed E-state index contributed by atoms with van der Waals surface area (Å²) in [6.07, 6.45) is 1.85. The summed E-state index contributed by atoms with van der Waals surface area (Å²) in [5, 5.41) is 5.31. The molecule has 0 aliphatic heterocycles. The van der Waals surface area contributed by atoms with Crippen molar-refractivity contribution in [3.05, 3.63) is 23.3 Å². The Kier molecular flexibility index (Phi) is 4.64. The molecule has 0 aromatic carbocycles. The van der Waals surface area contributed by atoms with Crippen molar-refractivity contribution in [1.29, 1.82) is 0 Å². The van der Waals surface area contributed by atoms with Crippen LogP contribution in [0.4, 0.5) is 9.93 Å². The molecule has 2 aromatic heterocycles. The largest absolute Gasteiger partial charge is 0.458 e. The zero-order chi connectivity index (χ0) is 14.5. The van der Waals surface area contributed by atoms with Crippen LogP contribution < -0.4 is 16.8 Å². The zero-order valence-corrected chi connectivity index (χ0v) is 12.3. The Morgan fingerprint density at radius 1 is 1.55 bits per heavy atom. The first-order chi connectivity index (χ1) is 9.58. The number of aliphatic imine (C=N–C) groups is 1. The van der Waals surface area contributed by atoms with E-state index in [9.17, 15) is 4.79 Å². The number of urea groups is 1. The molecule has 0 aliphatic rings. The molecule has 9 heteroatoms. The van der Waals surface area contributed by atoms with Crippen molar-refractivity contribution in [3.63, 3.8) is 0 Å². The number of nitrogens with one attached hydrogen (secondary N) is 1. The number of primary amides is 1. The van der Waals surface area contributed by atoms with Crippen LogP contribution in [0.5, 0.6) is 0 Å². The van der Waals surface area contributed by atoms with Gasteiger partial charge in [-0.3, -0.25) is 0 Å². The molecule has 20 heavy (non-hydrogen) atoms. The van der Waals surface area contributed by atoms with E-state index in [1.807, 2.05) is 11.6 Å². The van der Waals surface area contributed by atoms with Crippen LogP contribution in [0.1, 0.15) is 5.76 Å². The van der Waals surface area contributed by atoms with E-state index in [1.54, 1.807) is 12.1 Å². The van der Waals surface area contributed by atoms with Gasteiger partial charge >= 0.3 is 6.03 Å². The maximum Gasteiger partial charge on any atom is 0.312 e. The Morgan fingerprint density at radius 3 is 3.05 bits per heavy atom. The van der Waals surface area contributed by atoms with Crippen LogP contribution in [-0.2, 0) is 6.54 Å². The fraction of sp³-hybridized carbons (Fsp3) is 0.182. The molecule has 2 aromatic rings. The summed E-state index contributed by atoms with van der Waals surface area (Å²) < 4.78 is 5.55. The first kappa shape index (κ1) is 14.4. The van der Waals surface area contributed by atoms with Crippen LogP contribution >= 0.6 is 23.1 Å². The van der Waals surface area contributed by atoms with Crippen molar-refractivity contribution in [3.8, 4) is 11.5 Å². The second-order valence-electron chi connectivity index (χ2n) is 3.65. The molecule has 2 rings (SSSR count). The first-order valence-electron chi connectivity index (χ1n) is 5.54. The lowest BCUT2D eigenvalue weighted by Gasteiger charge is -1.96. The smallest absolute Gasteiger partial charge is 0.312 e. The molecule has 2 amide bonds. The number of amides is 2. The predicted octanol–water partition coefficient (Wildman–Crippen LogP) is 1.88. The average molecular weight is 311 g/mol. The van der Waals surface area contributed by atoms with Gasteiger partial charge in [-0.1, -0.05) is 11.8 Å². The highest BCUT2D eigenvalue weighted by molar-refractivity contribution is 8.13. The van der Waals surface area contributed by atoms with E-state index in [0.717, 1.165) is 0 Å². The molecule has 0 bridgehead atoms. The second-order valence-corrected chi connectivity index (χ2v) is 5.32. The maximum absolute atomic E-state index is 10.6. The molecule has 0 radical (unpaired) electrons. The number of nitrogens with zero attached hydrogens (tertiary/aromatic N) is 2. The fourth-order valence-corrected chi connectivity index (χ4v) is 2.28. The number of furan rings is 1. The first-order valence-corrected chi connectivity index (χ1v) is 7.65. The third-order valence-electron chi connectivity index (χ3n) is 2.26. The van der Waals surface area contributed by atoms with E-state index in [-0.39, 0.29) is 6.54 Å². The van der Waals surface area contributed by atoms with Gasteiger partial charge in [-0.15, -0.1) is 11.3 Å². The highest BCUT2D eigenvalue weighted by atomic mass is 32.2. The van der Waals surface area contributed by atoms with Crippen LogP contribution in [0.15, 0.2) is 26.9 Å². The van der Waals surface area contributed by atoms with Crippen LogP contribution in [0.2, 0.25) is 0 Å². The van der Waals surface area contributed by atoms with Crippen molar-refractivity contribution >= 4 is 39.4 Å². The lowest BCUT2D eigenvalue weighted by Crippen LogP contribution is -2.28. The van der Waals surface area contributed by atoms with E-state index in [4.69, 9.17) is 15.9 Å². The normalized spacial score (nSPS) is 11.6. The van der Waals surface area contributed by atoms with Crippen LogP contribution in [0, 0.1) is 0 Å². The molecule has 7 nitrogen and oxygen atoms in total. The molecule has 0 saturated heterocycles. The van der Waals surface area contributed by atoms with Gasteiger partial charge in [0.1, 0.15) is 11.5 Å². The molecular weight excluding hydrogens is 298 g/mol. The van der Waals surface area contributed by atoms with Crippen molar-refractivity contribution in [1.82, 2.24) is 10.3 Å². The quantitative estimate of drug-likeness (QED) is 0.588. The molecule has 0 atom stereocenters. The summed E-state index contributed by atoms with van der Waals surface area (Å²) in [6, 6.07) is 2.93. The molecular formula is C11H13N5O2S2. The summed E-state index contributed by atoms with van der Waals surface area (Å²) in [5.41, 5.74) is 11.3.